The Labute approximate surface area is 132 Å². The van der Waals surface area contributed by atoms with E-state index in [4.69, 9.17) is 5.73 Å². The van der Waals surface area contributed by atoms with Crippen molar-refractivity contribution in [2.45, 2.75) is 19.8 Å². The van der Waals surface area contributed by atoms with Crippen LogP contribution in [0.15, 0.2) is 40.9 Å². The van der Waals surface area contributed by atoms with Crippen molar-refractivity contribution in [3.8, 4) is 0 Å². The van der Waals surface area contributed by atoms with E-state index in [1.165, 1.54) is 11.1 Å². The SMILES string of the molecule is Cc1ccc2c(c1)CCCN2C(=O)c1ccc(Br)cc1N. The Morgan fingerprint density at radius 2 is 2.05 bits per heavy atom. The van der Waals surface area contributed by atoms with Gasteiger partial charge in [0.05, 0.1) is 5.56 Å². The van der Waals surface area contributed by atoms with Crippen molar-refractivity contribution in [3.05, 3.63) is 57.6 Å². The van der Waals surface area contributed by atoms with Gasteiger partial charge in [-0.1, -0.05) is 33.6 Å². The second-order valence-corrected chi connectivity index (χ2v) is 6.34. The van der Waals surface area contributed by atoms with E-state index in [-0.39, 0.29) is 5.91 Å². The number of hydrogen-bond donors (Lipinski definition) is 1. The molecule has 1 heterocycles. The smallest absolute Gasteiger partial charge is 0.260 e. The van der Waals surface area contributed by atoms with E-state index < -0.39 is 0 Å². The Morgan fingerprint density at radius 1 is 1.24 bits per heavy atom. The van der Waals surface area contributed by atoms with Crippen LogP contribution in [0, 0.1) is 6.92 Å². The molecule has 2 aromatic rings. The average Bonchev–Trinajstić information content (AvgIpc) is 2.45. The number of nitrogens with two attached hydrogens (primary N) is 1. The molecule has 0 atom stereocenters. The lowest BCUT2D eigenvalue weighted by molar-refractivity contribution is 0.0986. The topological polar surface area (TPSA) is 46.3 Å². The van der Waals surface area contributed by atoms with Gasteiger partial charge in [0.1, 0.15) is 0 Å². The number of nitrogen functional groups attached to an aromatic ring is 1. The summed E-state index contributed by atoms with van der Waals surface area (Å²) in [5.41, 5.74) is 10.5. The van der Waals surface area contributed by atoms with Crippen LogP contribution in [0.1, 0.15) is 27.9 Å². The number of carbonyl (C=O) groups excluding carboxylic acids is 1. The van der Waals surface area contributed by atoms with Crippen molar-refractivity contribution in [3.63, 3.8) is 0 Å². The van der Waals surface area contributed by atoms with Crippen molar-refractivity contribution in [2.75, 3.05) is 17.2 Å². The molecular weight excluding hydrogens is 328 g/mol. The maximum Gasteiger partial charge on any atom is 0.260 e. The zero-order chi connectivity index (χ0) is 15.0. The molecule has 1 aliphatic rings. The summed E-state index contributed by atoms with van der Waals surface area (Å²) >= 11 is 3.37. The van der Waals surface area contributed by atoms with Gasteiger partial charge < -0.3 is 10.6 Å². The Hall–Kier alpha value is -1.81. The zero-order valence-electron chi connectivity index (χ0n) is 11.9. The largest absolute Gasteiger partial charge is 0.398 e. The second-order valence-electron chi connectivity index (χ2n) is 5.42. The van der Waals surface area contributed by atoms with Gasteiger partial charge in [-0.3, -0.25) is 4.79 Å². The Morgan fingerprint density at radius 3 is 2.81 bits per heavy atom. The summed E-state index contributed by atoms with van der Waals surface area (Å²) < 4.78 is 0.881. The first-order chi connectivity index (χ1) is 10.1. The molecule has 3 rings (SSSR count). The number of anilines is 2. The van der Waals surface area contributed by atoms with E-state index in [1.54, 1.807) is 12.1 Å². The van der Waals surface area contributed by atoms with Gasteiger partial charge in [0.25, 0.3) is 5.91 Å². The van der Waals surface area contributed by atoms with Gasteiger partial charge in [-0.05, 0) is 49.6 Å². The molecule has 2 aromatic carbocycles. The lowest BCUT2D eigenvalue weighted by Gasteiger charge is -2.30. The maximum atomic E-state index is 12.8. The van der Waals surface area contributed by atoms with Crippen LogP contribution in [0.4, 0.5) is 11.4 Å². The fourth-order valence-corrected chi connectivity index (χ4v) is 3.19. The monoisotopic (exact) mass is 344 g/mol. The maximum absolute atomic E-state index is 12.8. The summed E-state index contributed by atoms with van der Waals surface area (Å²) in [5, 5.41) is 0. The second kappa shape index (κ2) is 5.53. The Bertz CT molecular complexity index is 712. The minimum Gasteiger partial charge on any atom is -0.398 e. The van der Waals surface area contributed by atoms with E-state index in [1.807, 2.05) is 17.0 Å². The molecule has 2 N–H and O–H groups in total. The van der Waals surface area contributed by atoms with Crippen LogP contribution < -0.4 is 10.6 Å². The Kier molecular flexibility index (Phi) is 3.72. The molecule has 0 spiro atoms. The zero-order valence-corrected chi connectivity index (χ0v) is 13.5. The van der Waals surface area contributed by atoms with E-state index in [9.17, 15) is 4.79 Å². The number of hydrogen-bond acceptors (Lipinski definition) is 2. The van der Waals surface area contributed by atoms with Crippen LogP contribution in [0.5, 0.6) is 0 Å². The van der Waals surface area contributed by atoms with Crippen LogP contribution >= 0.6 is 15.9 Å². The molecule has 1 aliphatic heterocycles. The third kappa shape index (κ3) is 2.68. The number of fused-ring (bicyclic) bond motifs is 1. The summed E-state index contributed by atoms with van der Waals surface area (Å²) in [4.78, 5) is 14.7. The molecule has 4 heteroatoms. The van der Waals surface area contributed by atoms with Crippen molar-refractivity contribution in [2.24, 2.45) is 0 Å². The van der Waals surface area contributed by atoms with Crippen LogP contribution in [-0.4, -0.2) is 12.5 Å². The number of halogens is 1. The lowest BCUT2D eigenvalue weighted by Crippen LogP contribution is -2.35. The standard InChI is InChI=1S/C17H17BrN2O/c1-11-4-7-16-12(9-11)3-2-8-20(16)17(21)14-6-5-13(18)10-15(14)19/h4-7,9-10H,2-3,8,19H2,1H3. The fourth-order valence-electron chi connectivity index (χ4n) is 2.81. The van der Waals surface area contributed by atoms with Gasteiger partial charge in [-0.15, -0.1) is 0 Å². The summed E-state index contributed by atoms with van der Waals surface area (Å²) in [7, 11) is 0. The number of benzene rings is 2. The first-order valence-corrected chi connectivity index (χ1v) is 7.82. The molecule has 0 saturated heterocycles. The number of nitrogens with zero attached hydrogens (tertiary/aromatic N) is 1. The average molecular weight is 345 g/mol. The molecule has 21 heavy (non-hydrogen) atoms. The number of aryl methyl sites for hydroxylation is 2. The van der Waals surface area contributed by atoms with Crippen molar-refractivity contribution in [1.82, 2.24) is 0 Å². The first-order valence-electron chi connectivity index (χ1n) is 7.02. The molecule has 0 radical (unpaired) electrons. The molecule has 3 nitrogen and oxygen atoms in total. The van der Waals surface area contributed by atoms with Crippen molar-refractivity contribution in [1.29, 1.82) is 0 Å². The molecule has 0 unspecified atom stereocenters. The van der Waals surface area contributed by atoms with Crippen LogP contribution in [0.2, 0.25) is 0 Å². The first kappa shape index (κ1) is 14.1. The van der Waals surface area contributed by atoms with E-state index in [0.29, 0.717) is 11.3 Å². The highest BCUT2D eigenvalue weighted by molar-refractivity contribution is 9.10. The normalized spacial score (nSPS) is 13.9. The minimum absolute atomic E-state index is 0.0233. The predicted octanol–water partition coefficient (Wildman–Crippen LogP) is 3.93. The fraction of sp³-hybridized carbons (Fsp3) is 0.235. The third-order valence-electron chi connectivity index (χ3n) is 3.84. The molecule has 1 amide bonds. The van der Waals surface area contributed by atoms with Gasteiger partial charge in [0, 0.05) is 22.4 Å². The highest BCUT2D eigenvalue weighted by Crippen LogP contribution is 2.30. The third-order valence-corrected chi connectivity index (χ3v) is 4.34. The Balaban J connectivity index is 2.00. The molecule has 0 aromatic heterocycles. The highest BCUT2D eigenvalue weighted by atomic mass is 79.9. The van der Waals surface area contributed by atoms with Gasteiger partial charge in [-0.25, -0.2) is 0 Å². The lowest BCUT2D eigenvalue weighted by atomic mass is 9.98. The molecule has 0 saturated carbocycles. The van der Waals surface area contributed by atoms with Crippen LogP contribution in [0.3, 0.4) is 0 Å². The van der Waals surface area contributed by atoms with E-state index in [0.717, 1.165) is 29.5 Å². The molecular formula is C17H17BrN2O. The molecule has 0 fully saturated rings. The van der Waals surface area contributed by atoms with Gasteiger partial charge in [-0.2, -0.15) is 0 Å². The summed E-state index contributed by atoms with van der Waals surface area (Å²) in [6.07, 6.45) is 2.01. The molecule has 108 valence electrons. The van der Waals surface area contributed by atoms with Gasteiger partial charge >= 0.3 is 0 Å². The van der Waals surface area contributed by atoms with Gasteiger partial charge in [0.15, 0.2) is 0 Å². The number of amides is 1. The van der Waals surface area contributed by atoms with Crippen molar-refractivity contribution < 1.29 is 4.79 Å². The van der Waals surface area contributed by atoms with Crippen molar-refractivity contribution >= 4 is 33.2 Å². The number of rotatable bonds is 1. The van der Waals surface area contributed by atoms with Crippen LogP contribution in [-0.2, 0) is 6.42 Å². The number of carbonyl (C=O) groups is 1. The van der Waals surface area contributed by atoms with E-state index >= 15 is 0 Å². The highest BCUT2D eigenvalue weighted by Gasteiger charge is 2.24. The molecule has 0 aliphatic carbocycles. The van der Waals surface area contributed by atoms with Crippen LogP contribution in [0.25, 0.3) is 0 Å². The van der Waals surface area contributed by atoms with E-state index in [2.05, 4.69) is 35.0 Å². The summed E-state index contributed by atoms with van der Waals surface area (Å²) in [5.74, 6) is -0.0233. The summed E-state index contributed by atoms with van der Waals surface area (Å²) in [6.45, 7) is 2.82. The minimum atomic E-state index is -0.0233. The van der Waals surface area contributed by atoms with Gasteiger partial charge in [0.2, 0.25) is 0 Å². The quantitative estimate of drug-likeness (QED) is 0.796. The summed E-state index contributed by atoms with van der Waals surface area (Å²) in [6, 6.07) is 11.7. The molecule has 0 bridgehead atoms. The predicted molar refractivity (Wildman–Crippen MR) is 89.7 cm³/mol.